The molecule has 4 aromatic rings. The minimum absolute atomic E-state index is 0.111. The lowest BCUT2D eigenvalue weighted by Gasteiger charge is -2.12. The molecule has 1 atom stereocenters. The van der Waals surface area contributed by atoms with Crippen LogP contribution < -0.4 is 21.5 Å². The molecule has 2 aromatic carbocycles. The first-order valence-electron chi connectivity index (χ1n) is 11.7. The molecule has 4 N–H and O–H groups in total. The summed E-state index contributed by atoms with van der Waals surface area (Å²) < 4.78 is 14.8. The van der Waals surface area contributed by atoms with Gasteiger partial charge in [-0.05, 0) is 42.8 Å². The molecular weight excluding hydrogens is 532 g/mol. The maximum absolute atomic E-state index is 13.4. The molecule has 1 unspecified atom stereocenters. The minimum atomic E-state index is -0.555. The molecule has 194 valence electrons. The summed E-state index contributed by atoms with van der Waals surface area (Å²) in [6.07, 6.45) is 1.95. The van der Waals surface area contributed by atoms with Crippen molar-refractivity contribution in [3.63, 3.8) is 0 Å². The second kappa shape index (κ2) is 11.3. The second-order valence-electron chi connectivity index (χ2n) is 8.56. The highest BCUT2D eigenvalue weighted by Gasteiger charge is 2.22. The smallest absolute Gasteiger partial charge is 0.271 e. The van der Waals surface area contributed by atoms with E-state index in [0.29, 0.717) is 23.5 Å². The van der Waals surface area contributed by atoms with Crippen LogP contribution in [0.1, 0.15) is 27.3 Å². The van der Waals surface area contributed by atoms with Gasteiger partial charge in [-0.15, -0.1) is 0 Å². The SMILES string of the molecule is O=C(NCC1CCNN1)c1cc(NC(=O)c2cc(-c3ccc(F)cn3)c(Cl)cc2Cl)n(-c2ccccc2)n1. The highest BCUT2D eigenvalue weighted by atomic mass is 35.5. The Morgan fingerprint density at radius 3 is 2.58 bits per heavy atom. The lowest BCUT2D eigenvalue weighted by atomic mass is 10.1. The number of hydrogen-bond donors (Lipinski definition) is 4. The molecule has 1 saturated heterocycles. The molecule has 2 aromatic heterocycles. The molecule has 1 fully saturated rings. The normalized spacial score (nSPS) is 14.9. The van der Waals surface area contributed by atoms with Crippen LogP contribution in [0, 0.1) is 5.82 Å². The number of carbonyl (C=O) groups excluding carboxylic acids is 2. The van der Waals surface area contributed by atoms with Gasteiger partial charge in [-0.25, -0.2) is 9.07 Å². The molecule has 5 rings (SSSR count). The van der Waals surface area contributed by atoms with Crippen molar-refractivity contribution in [2.75, 3.05) is 18.4 Å². The van der Waals surface area contributed by atoms with Crippen LogP contribution in [-0.2, 0) is 0 Å². The molecule has 0 spiro atoms. The maximum atomic E-state index is 13.4. The van der Waals surface area contributed by atoms with Gasteiger partial charge in [0.25, 0.3) is 11.8 Å². The van der Waals surface area contributed by atoms with E-state index in [-0.39, 0.29) is 39.1 Å². The van der Waals surface area contributed by atoms with E-state index in [1.165, 1.54) is 35.0 Å². The molecule has 38 heavy (non-hydrogen) atoms. The Hall–Kier alpha value is -3.83. The molecule has 0 aliphatic carbocycles. The highest BCUT2D eigenvalue weighted by molar-refractivity contribution is 6.38. The van der Waals surface area contributed by atoms with E-state index < -0.39 is 11.7 Å². The topological polar surface area (TPSA) is 113 Å². The van der Waals surface area contributed by atoms with Gasteiger partial charge in [0.2, 0.25) is 0 Å². The molecule has 1 aliphatic heterocycles. The summed E-state index contributed by atoms with van der Waals surface area (Å²) in [5, 5.41) is 10.5. The molecule has 1 aliphatic rings. The van der Waals surface area contributed by atoms with E-state index >= 15 is 0 Å². The van der Waals surface area contributed by atoms with Gasteiger partial charge in [-0.3, -0.25) is 25.4 Å². The van der Waals surface area contributed by atoms with Crippen LogP contribution in [0.25, 0.3) is 16.9 Å². The van der Waals surface area contributed by atoms with Crippen LogP contribution >= 0.6 is 23.2 Å². The van der Waals surface area contributed by atoms with Crippen LogP contribution in [-0.4, -0.2) is 45.7 Å². The van der Waals surface area contributed by atoms with Crippen molar-refractivity contribution in [2.24, 2.45) is 0 Å². The zero-order valence-corrected chi connectivity index (χ0v) is 21.4. The number of rotatable bonds is 7. The largest absolute Gasteiger partial charge is 0.349 e. The number of para-hydroxylation sites is 1. The Labute approximate surface area is 227 Å². The van der Waals surface area contributed by atoms with Crippen molar-refractivity contribution < 1.29 is 14.0 Å². The maximum Gasteiger partial charge on any atom is 0.271 e. The Kier molecular flexibility index (Phi) is 7.66. The van der Waals surface area contributed by atoms with Gasteiger partial charge in [0.15, 0.2) is 5.69 Å². The number of nitrogens with zero attached hydrogens (tertiary/aromatic N) is 3. The summed E-state index contributed by atoms with van der Waals surface area (Å²) in [6, 6.07) is 16.3. The number of pyridine rings is 1. The van der Waals surface area contributed by atoms with Crippen molar-refractivity contribution in [3.05, 3.63) is 94.0 Å². The van der Waals surface area contributed by atoms with Gasteiger partial charge < -0.3 is 10.6 Å². The van der Waals surface area contributed by atoms with Gasteiger partial charge in [0, 0.05) is 30.8 Å². The summed E-state index contributed by atoms with van der Waals surface area (Å²) in [5.74, 6) is -1.17. The number of benzene rings is 2. The number of anilines is 1. The summed E-state index contributed by atoms with van der Waals surface area (Å²) in [7, 11) is 0. The molecule has 0 saturated carbocycles. The summed E-state index contributed by atoms with van der Waals surface area (Å²) in [5.41, 5.74) is 7.79. The zero-order chi connectivity index (χ0) is 26.6. The third-order valence-corrected chi connectivity index (χ3v) is 6.55. The number of halogens is 3. The summed E-state index contributed by atoms with van der Waals surface area (Å²) in [4.78, 5) is 30.3. The standard InChI is InChI=1S/C26H22Cl2FN7O2/c27-20-11-21(28)19(10-18(20)22-7-6-15(29)13-30-22)25(37)33-24-12-23(26(38)31-14-16-8-9-32-34-16)35-36(24)17-4-2-1-3-5-17/h1-7,10-13,16,32,34H,8-9,14H2,(H,31,38)(H,33,37). The molecule has 3 heterocycles. The number of hydrogen-bond acceptors (Lipinski definition) is 6. The van der Waals surface area contributed by atoms with Crippen LogP contribution in [0.2, 0.25) is 10.0 Å². The first-order valence-corrected chi connectivity index (χ1v) is 12.5. The summed E-state index contributed by atoms with van der Waals surface area (Å²) in [6.45, 7) is 1.25. The first kappa shape index (κ1) is 25.8. The quantitative estimate of drug-likeness (QED) is 0.272. The van der Waals surface area contributed by atoms with E-state index in [9.17, 15) is 14.0 Å². The number of amides is 2. The minimum Gasteiger partial charge on any atom is -0.349 e. The number of aromatic nitrogens is 3. The molecule has 2 amide bonds. The average Bonchev–Trinajstić information content (AvgIpc) is 3.59. The Bertz CT molecular complexity index is 1470. The van der Waals surface area contributed by atoms with Crippen LogP contribution in [0.3, 0.4) is 0 Å². The predicted octanol–water partition coefficient (Wildman–Crippen LogP) is 4.23. The lowest BCUT2D eigenvalue weighted by Crippen LogP contribution is -2.40. The van der Waals surface area contributed by atoms with Crippen molar-refractivity contribution >= 4 is 40.8 Å². The number of nitrogens with one attached hydrogen (secondary N) is 4. The predicted molar refractivity (Wildman–Crippen MR) is 143 cm³/mol. The van der Waals surface area contributed by atoms with Crippen molar-refractivity contribution in [3.8, 4) is 16.9 Å². The van der Waals surface area contributed by atoms with Gasteiger partial charge in [0.1, 0.15) is 11.6 Å². The van der Waals surface area contributed by atoms with Gasteiger partial charge in [-0.1, -0.05) is 41.4 Å². The molecular formula is C26H22Cl2FN7O2. The molecule has 9 nitrogen and oxygen atoms in total. The molecule has 12 heteroatoms. The lowest BCUT2D eigenvalue weighted by molar-refractivity contribution is 0.0943. The Balaban J connectivity index is 1.44. The van der Waals surface area contributed by atoms with Crippen LogP contribution in [0.5, 0.6) is 0 Å². The van der Waals surface area contributed by atoms with Gasteiger partial charge in [-0.2, -0.15) is 5.10 Å². The zero-order valence-electron chi connectivity index (χ0n) is 19.8. The fourth-order valence-electron chi connectivity index (χ4n) is 3.98. The van der Waals surface area contributed by atoms with Crippen molar-refractivity contribution in [1.82, 2.24) is 30.9 Å². The van der Waals surface area contributed by atoms with Crippen LogP contribution in [0.15, 0.2) is 66.9 Å². The highest BCUT2D eigenvalue weighted by Crippen LogP contribution is 2.32. The monoisotopic (exact) mass is 553 g/mol. The van der Waals surface area contributed by atoms with Gasteiger partial charge in [0.05, 0.1) is 33.2 Å². The second-order valence-corrected chi connectivity index (χ2v) is 9.37. The molecule has 0 bridgehead atoms. The van der Waals surface area contributed by atoms with E-state index in [4.69, 9.17) is 23.2 Å². The number of carbonyl (C=O) groups is 2. The molecule has 0 radical (unpaired) electrons. The average molecular weight is 554 g/mol. The van der Waals surface area contributed by atoms with E-state index in [1.54, 1.807) is 12.1 Å². The fraction of sp³-hybridized carbons (Fsp3) is 0.154. The fourth-order valence-corrected chi connectivity index (χ4v) is 4.55. The van der Waals surface area contributed by atoms with Crippen LogP contribution in [0.4, 0.5) is 10.2 Å². The summed E-state index contributed by atoms with van der Waals surface area (Å²) >= 11 is 12.7. The van der Waals surface area contributed by atoms with E-state index in [1.807, 2.05) is 18.2 Å². The Morgan fingerprint density at radius 1 is 1.05 bits per heavy atom. The third-order valence-electron chi connectivity index (χ3n) is 5.92. The number of hydrazine groups is 1. The third kappa shape index (κ3) is 5.68. The Morgan fingerprint density at radius 2 is 1.87 bits per heavy atom. The van der Waals surface area contributed by atoms with Gasteiger partial charge >= 0.3 is 0 Å². The first-order chi connectivity index (χ1) is 18.4. The van der Waals surface area contributed by atoms with Crippen molar-refractivity contribution in [1.29, 1.82) is 0 Å². The van der Waals surface area contributed by atoms with E-state index in [0.717, 1.165) is 19.2 Å². The van der Waals surface area contributed by atoms with Crippen molar-refractivity contribution in [2.45, 2.75) is 12.5 Å². The van der Waals surface area contributed by atoms with E-state index in [2.05, 4.69) is 31.6 Å².